The first-order valence-corrected chi connectivity index (χ1v) is 6.99. The molecule has 0 bridgehead atoms. The molecule has 0 aliphatic rings. The summed E-state index contributed by atoms with van der Waals surface area (Å²) in [4.78, 5) is 36.1. The van der Waals surface area contributed by atoms with E-state index in [1.54, 1.807) is 25.1 Å². The number of carbonyl (C=O) groups excluding carboxylic acids is 2. The largest absolute Gasteiger partial charge is 0.506 e. The van der Waals surface area contributed by atoms with Crippen molar-refractivity contribution in [1.82, 2.24) is 9.88 Å². The zero-order valence-corrected chi connectivity index (χ0v) is 13.3. The number of nitrogens with zero attached hydrogens (tertiary/aromatic N) is 1. The average molecular weight is 318 g/mol. The van der Waals surface area contributed by atoms with Crippen LogP contribution < -0.4 is 10.9 Å². The quantitative estimate of drug-likeness (QED) is 0.818. The molecule has 1 unspecified atom stereocenters. The second-order valence-electron chi connectivity index (χ2n) is 5.28. The van der Waals surface area contributed by atoms with Crippen LogP contribution in [0, 0.1) is 6.92 Å². The van der Waals surface area contributed by atoms with E-state index in [0.29, 0.717) is 10.9 Å². The van der Waals surface area contributed by atoms with E-state index in [-0.39, 0.29) is 0 Å². The standard InChI is InChI=1S/C16H18N2O5/c1-8-6-5-7-10-11(8)13(19)12(15(21)18(10)3)14(20)17-9(2)16(22)23-4/h5-7,9,19H,1-4H3,(H,17,20). The van der Waals surface area contributed by atoms with Gasteiger partial charge in [-0.25, -0.2) is 4.79 Å². The number of benzene rings is 1. The molecule has 1 aromatic carbocycles. The zero-order chi connectivity index (χ0) is 17.3. The Bertz CT molecular complexity index is 854. The van der Waals surface area contributed by atoms with Gasteiger partial charge in [-0.15, -0.1) is 0 Å². The SMILES string of the molecule is COC(=O)C(C)NC(=O)c1c(O)c2c(C)cccc2n(C)c1=O. The number of ether oxygens (including phenoxy) is 1. The zero-order valence-electron chi connectivity index (χ0n) is 13.3. The van der Waals surface area contributed by atoms with Crippen LogP contribution in [0.5, 0.6) is 5.75 Å². The van der Waals surface area contributed by atoms with E-state index < -0.39 is 34.8 Å². The van der Waals surface area contributed by atoms with Crippen molar-refractivity contribution < 1.29 is 19.4 Å². The van der Waals surface area contributed by atoms with E-state index in [0.717, 1.165) is 5.56 Å². The molecule has 0 saturated carbocycles. The summed E-state index contributed by atoms with van der Waals surface area (Å²) in [6.45, 7) is 3.20. The minimum Gasteiger partial charge on any atom is -0.506 e. The predicted octanol–water partition coefficient (Wildman–Crippen LogP) is 0.844. The van der Waals surface area contributed by atoms with Crippen molar-refractivity contribution in [2.45, 2.75) is 19.9 Å². The number of hydrogen-bond donors (Lipinski definition) is 2. The van der Waals surface area contributed by atoms with Gasteiger partial charge in [-0.3, -0.25) is 9.59 Å². The van der Waals surface area contributed by atoms with E-state index >= 15 is 0 Å². The van der Waals surface area contributed by atoms with Crippen LogP contribution in [0.1, 0.15) is 22.8 Å². The number of aryl methyl sites for hydroxylation is 2. The van der Waals surface area contributed by atoms with Gasteiger partial charge in [-0.2, -0.15) is 0 Å². The molecule has 2 N–H and O–H groups in total. The van der Waals surface area contributed by atoms with Crippen LogP contribution >= 0.6 is 0 Å². The fourth-order valence-corrected chi connectivity index (χ4v) is 2.45. The summed E-state index contributed by atoms with van der Waals surface area (Å²) >= 11 is 0. The molecule has 1 atom stereocenters. The highest BCUT2D eigenvalue weighted by Crippen LogP contribution is 2.28. The Balaban J connectivity index is 2.62. The third-order valence-corrected chi connectivity index (χ3v) is 3.73. The normalized spacial score (nSPS) is 12.0. The van der Waals surface area contributed by atoms with Crippen LogP contribution in [-0.2, 0) is 16.6 Å². The first-order valence-electron chi connectivity index (χ1n) is 6.99. The Morgan fingerprint density at radius 3 is 2.61 bits per heavy atom. The first-order chi connectivity index (χ1) is 10.8. The fourth-order valence-electron chi connectivity index (χ4n) is 2.45. The fraction of sp³-hybridized carbons (Fsp3) is 0.312. The van der Waals surface area contributed by atoms with Crippen LogP contribution in [-0.4, -0.2) is 34.7 Å². The summed E-state index contributed by atoms with van der Waals surface area (Å²) in [5, 5.41) is 13.2. The number of esters is 1. The van der Waals surface area contributed by atoms with E-state index in [2.05, 4.69) is 10.1 Å². The van der Waals surface area contributed by atoms with Crippen LogP contribution in [0.15, 0.2) is 23.0 Å². The molecule has 1 aromatic heterocycles. The Hall–Kier alpha value is -2.83. The monoisotopic (exact) mass is 318 g/mol. The molecule has 23 heavy (non-hydrogen) atoms. The molecular weight excluding hydrogens is 300 g/mol. The van der Waals surface area contributed by atoms with Crippen LogP contribution in [0.3, 0.4) is 0 Å². The number of methoxy groups -OCH3 is 1. The molecule has 0 saturated heterocycles. The molecule has 2 aromatic rings. The number of aromatic hydroxyl groups is 1. The summed E-state index contributed by atoms with van der Waals surface area (Å²) in [5.74, 6) is -1.87. The molecule has 7 heteroatoms. The molecule has 1 amide bonds. The number of amides is 1. The highest BCUT2D eigenvalue weighted by molar-refractivity contribution is 6.04. The smallest absolute Gasteiger partial charge is 0.328 e. The Labute approximate surface area is 132 Å². The van der Waals surface area contributed by atoms with Gasteiger partial charge in [-0.05, 0) is 25.5 Å². The van der Waals surface area contributed by atoms with Crippen molar-refractivity contribution in [3.05, 3.63) is 39.7 Å². The van der Waals surface area contributed by atoms with Gasteiger partial charge in [0.1, 0.15) is 17.4 Å². The van der Waals surface area contributed by atoms with Crippen molar-refractivity contribution in [2.24, 2.45) is 7.05 Å². The third kappa shape index (κ3) is 2.77. The lowest BCUT2D eigenvalue weighted by Gasteiger charge is -2.15. The highest BCUT2D eigenvalue weighted by atomic mass is 16.5. The molecule has 0 aliphatic carbocycles. The summed E-state index contributed by atoms with van der Waals surface area (Å²) in [6, 6.07) is 4.27. The van der Waals surface area contributed by atoms with Crippen LogP contribution in [0.25, 0.3) is 10.9 Å². The van der Waals surface area contributed by atoms with E-state index in [4.69, 9.17) is 0 Å². The molecule has 0 aliphatic heterocycles. The maximum Gasteiger partial charge on any atom is 0.328 e. The Morgan fingerprint density at radius 2 is 2.00 bits per heavy atom. The van der Waals surface area contributed by atoms with Gasteiger partial charge < -0.3 is 19.7 Å². The number of nitrogens with one attached hydrogen (secondary N) is 1. The van der Waals surface area contributed by atoms with E-state index in [9.17, 15) is 19.5 Å². The number of hydrogen-bond acceptors (Lipinski definition) is 5. The number of carbonyl (C=O) groups is 2. The highest BCUT2D eigenvalue weighted by Gasteiger charge is 2.25. The molecule has 0 spiro atoms. The van der Waals surface area contributed by atoms with Gasteiger partial charge in [0.05, 0.1) is 12.6 Å². The van der Waals surface area contributed by atoms with Gasteiger partial charge in [0.25, 0.3) is 11.5 Å². The number of aromatic nitrogens is 1. The summed E-state index contributed by atoms with van der Waals surface area (Å²) < 4.78 is 5.81. The van der Waals surface area contributed by atoms with Gasteiger partial charge in [0.15, 0.2) is 0 Å². The van der Waals surface area contributed by atoms with Gasteiger partial charge >= 0.3 is 5.97 Å². The maximum absolute atomic E-state index is 12.4. The summed E-state index contributed by atoms with van der Waals surface area (Å²) in [6.07, 6.45) is 0. The number of rotatable bonds is 3. The molecule has 0 radical (unpaired) electrons. The van der Waals surface area contributed by atoms with Crippen molar-refractivity contribution in [3.8, 4) is 5.75 Å². The lowest BCUT2D eigenvalue weighted by Crippen LogP contribution is -2.41. The molecule has 7 nitrogen and oxygen atoms in total. The third-order valence-electron chi connectivity index (χ3n) is 3.73. The van der Waals surface area contributed by atoms with Gasteiger partial charge in [0.2, 0.25) is 0 Å². The molecule has 0 fully saturated rings. The lowest BCUT2D eigenvalue weighted by atomic mass is 10.0. The van der Waals surface area contributed by atoms with Gasteiger partial charge in [-0.1, -0.05) is 12.1 Å². The molecule has 122 valence electrons. The van der Waals surface area contributed by atoms with Crippen molar-refractivity contribution >= 4 is 22.8 Å². The van der Waals surface area contributed by atoms with Crippen molar-refractivity contribution in [2.75, 3.05) is 7.11 Å². The molecule has 1 heterocycles. The average Bonchev–Trinajstić information content (AvgIpc) is 2.51. The topological polar surface area (TPSA) is 97.6 Å². The minimum atomic E-state index is -0.941. The summed E-state index contributed by atoms with van der Waals surface area (Å²) in [7, 11) is 2.71. The maximum atomic E-state index is 12.4. The Kier molecular flexibility index (Phi) is 4.40. The first kappa shape index (κ1) is 16.5. The van der Waals surface area contributed by atoms with E-state index in [1.807, 2.05) is 0 Å². The number of pyridine rings is 1. The minimum absolute atomic E-state index is 0.393. The van der Waals surface area contributed by atoms with E-state index in [1.165, 1.54) is 25.6 Å². The molecule has 2 rings (SSSR count). The van der Waals surface area contributed by atoms with Crippen LogP contribution in [0.4, 0.5) is 0 Å². The van der Waals surface area contributed by atoms with Crippen molar-refractivity contribution in [3.63, 3.8) is 0 Å². The number of fused-ring (bicyclic) bond motifs is 1. The van der Waals surface area contributed by atoms with Crippen molar-refractivity contribution in [1.29, 1.82) is 0 Å². The predicted molar refractivity (Wildman–Crippen MR) is 84.5 cm³/mol. The van der Waals surface area contributed by atoms with Crippen LogP contribution in [0.2, 0.25) is 0 Å². The van der Waals surface area contributed by atoms with Gasteiger partial charge in [0, 0.05) is 12.4 Å². The lowest BCUT2D eigenvalue weighted by molar-refractivity contribution is -0.142. The second-order valence-corrected chi connectivity index (χ2v) is 5.28. The summed E-state index contributed by atoms with van der Waals surface area (Å²) in [5.41, 5.74) is 0.205. The second kappa shape index (κ2) is 6.12. The Morgan fingerprint density at radius 1 is 1.35 bits per heavy atom. The molecular formula is C16H18N2O5.